The van der Waals surface area contributed by atoms with Gasteiger partial charge in [0.05, 0.1) is 19.9 Å². The van der Waals surface area contributed by atoms with Crippen LogP contribution in [-0.4, -0.2) is 58.8 Å². The number of nitrogens with one attached hydrogen (secondary N) is 1. The van der Waals surface area contributed by atoms with Crippen LogP contribution in [0.5, 0.6) is 11.5 Å². The number of guanidine groups is 1. The Morgan fingerprint density at radius 2 is 1.79 bits per heavy atom. The van der Waals surface area contributed by atoms with E-state index in [1.54, 1.807) is 14.2 Å². The highest BCUT2D eigenvalue weighted by atomic mass is 16.5. The summed E-state index contributed by atoms with van der Waals surface area (Å²) < 4.78 is 11.0. The van der Waals surface area contributed by atoms with Crippen LogP contribution in [0, 0.1) is 5.92 Å². The van der Waals surface area contributed by atoms with Crippen LogP contribution < -0.4 is 19.7 Å². The molecule has 1 saturated heterocycles. The molecule has 0 saturated carbocycles. The molecule has 2 aromatic carbocycles. The maximum absolute atomic E-state index is 5.52. The first kappa shape index (κ1) is 20.8. The SMILES string of the molecule is CN=C(NCC1CCN(c2ccccc2OC)C1)N(C)Cc1ccccc1OC. The second-order valence-corrected chi connectivity index (χ2v) is 7.37. The number of hydrogen-bond acceptors (Lipinski definition) is 4. The topological polar surface area (TPSA) is 49.3 Å². The van der Waals surface area contributed by atoms with Gasteiger partial charge in [-0.1, -0.05) is 30.3 Å². The number of ether oxygens (including phenoxy) is 2. The fraction of sp³-hybridized carbons (Fsp3) is 0.435. The van der Waals surface area contributed by atoms with E-state index in [-0.39, 0.29) is 0 Å². The van der Waals surface area contributed by atoms with Crippen molar-refractivity contribution in [2.75, 3.05) is 52.8 Å². The van der Waals surface area contributed by atoms with Gasteiger partial charge in [-0.15, -0.1) is 0 Å². The predicted octanol–water partition coefficient (Wildman–Crippen LogP) is 3.24. The summed E-state index contributed by atoms with van der Waals surface area (Å²) in [5, 5.41) is 3.55. The van der Waals surface area contributed by atoms with Crippen molar-refractivity contribution in [2.45, 2.75) is 13.0 Å². The van der Waals surface area contributed by atoms with Crippen LogP contribution in [0.15, 0.2) is 53.5 Å². The maximum Gasteiger partial charge on any atom is 0.193 e. The number of methoxy groups -OCH3 is 2. The number of benzene rings is 2. The Balaban J connectivity index is 1.54. The van der Waals surface area contributed by atoms with E-state index in [4.69, 9.17) is 9.47 Å². The standard InChI is InChI=1S/C23H32N4O2/c1-24-23(26(2)17-19-9-5-7-11-21(19)28-3)25-15-18-13-14-27(16-18)20-10-6-8-12-22(20)29-4/h5-12,18H,13-17H2,1-4H3,(H,24,25). The minimum absolute atomic E-state index is 0.566. The lowest BCUT2D eigenvalue weighted by atomic mass is 10.1. The number of para-hydroxylation sites is 3. The molecule has 0 radical (unpaired) electrons. The summed E-state index contributed by atoms with van der Waals surface area (Å²) in [6.07, 6.45) is 1.15. The zero-order valence-corrected chi connectivity index (χ0v) is 17.9. The molecule has 1 fully saturated rings. The van der Waals surface area contributed by atoms with Gasteiger partial charge >= 0.3 is 0 Å². The number of rotatable bonds is 7. The van der Waals surface area contributed by atoms with Crippen molar-refractivity contribution in [2.24, 2.45) is 10.9 Å². The first-order chi connectivity index (χ1) is 14.2. The van der Waals surface area contributed by atoms with Gasteiger partial charge in [0.2, 0.25) is 0 Å². The number of aliphatic imine (C=N–C) groups is 1. The molecule has 1 heterocycles. The second-order valence-electron chi connectivity index (χ2n) is 7.37. The lowest BCUT2D eigenvalue weighted by Crippen LogP contribution is -2.41. The lowest BCUT2D eigenvalue weighted by molar-refractivity contribution is 0.395. The Morgan fingerprint density at radius 1 is 1.10 bits per heavy atom. The molecule has 2 aromatic rings. The average Bonchev–Trinajstić information content (AvgIpc) is 3.23. The van der Waals surface area contributed by atoms with Crippen LogP contribution in [0.1, 0.15) is 12.0 Å². The molecule has 1 unspecified atom stereocenters. The van der Waals surface area contributed by atoms with Crippen LogP contribution in [-0.2, 0) is 6.54 Å². The Labute approximate surface area is 174 Å². The molecule has 1 N–H and O–H groups in total. The van der Waals surface area contributed by atoms with Crippen LogP contribution in [0.3, 0.4) is 0 Å². The zero-order valence-electron chi connectivity index (χ0n) is 17.9. The van der Waals surface area contributed by atoms with Crippen molar-refractivity contribution < 1.29 is 9.47 Å². The van der Waals surface area contributed by atoms with Crippen LogP contribution in [0.4, 0.5) is 5.69 Å². The normalized spacial score (nSPS) is 16.6. The number of hydrogen-bond donors (Lipinski definition) is 1. The highest BCUT2D eigenvalue weighted by Gasteiger charge is 2.25. The summed E-state index contributed by atoms with van der Waals surface area (Å²) in [6, 6.07) is 16.3. The van der Waals surface area contributed by atoms with Crippen LogP contribution >= 0.6 is 0 Å². The van der Waals surface area contributed by atoms with Gasteiger partial charge in [0.25, 0.3) is 0 Å². The molecule has 6 nitrogen and oxygen atoms in total. The van der Waals surface area contributed by atoms with Crippen molar-refractivity contribution >= 4 is 11.6 Å². The van der Waals surface area contributed by atoms with Crippen molar-refractivity contribution in [3.63, 3.8) is 0 Å². The van der Waals surface area contributed by atoms with E-state index < -0.39 is 0 Å². The summed E-state index contributed by atoms with van der Waals surface area (Å²) in [6.45, 7) is 3.69. The Bertz CT molecular complexity index is 824. The van der Waals surface area contributed by atoms with Crippen molar-refractivity contribution in [1.29, 1.82) is 0 Å². The minimum atomic E-state index is 0.566. The number of nitrogens with zero attached hydrogens (tertiary/aromatic N) is 3. The van der Waals surface area contributed by atoms with Crippen LogP contribution in [0.2, 0.25) is 0 Å². The quantitative estimate of drug-likeness (QED) is 0.575. The van der Waals surface area contributed by atoms with E-state index >= 15 is 0 Å². The van der Waals surface area contributed by atoms with Crippen molar-refractivity contribution in [1.82, 2.24) is 10.2 Å². The molecule has 3 rings (SSSR count). The molecule has 1 aliphatic rings. The Hall–Kier alpha value is -2.89. The maximum atomic E-state index is 5.52. The summed E-state index contributed by atoms with van der Waals surface area (Å²) in [5.74, 6) is 3.30. The molecular formula is C23H32N4O2. The van der Waals surface area contributed by atoms with E-state index in [1.807, 2.05) is 37.4 Å². The molecule has 6 heteroatoms. The first-order valence-corrected chi connectivity index (χ1v) is 10.1. The largest absolute Gasteiger partial charge is 0.496 e. The lowest BCUT2D eigenvalue weighted by Gasteiger charge is -2.25. The van der Waals surface area contributed by atoms with Gasteiger partial charge in [-0.2, -0.15) is 0 Å². The zero-order chi connectivity index (χ0) is 20.6. The van der Waals surface area contributed by atoms with E-state index in [0.29, 0.717) is 5.92 Å². The third-order valence-corrected chi connectivity index (χ3v) is 5.43. The van der Waals surface area contributed by atoms with Crippen molar-refractivity contribution in [3.8, 4) is 11.5 Å². The Morgan fingerprint density at radius 3 is 2.52 bits per heavy atom. The molecule has 1 aliphatic heterocycles. The van der Waals surface area contributed by atoms with Crippen LogP contribution in [0.25, 0.3) is 0 Å². The molecule has 0 spiro atoms. The summed E-state index contributed by atoms with van der Waals surface area (Å²) in [5.41, 5.74) is 2.32. The van der Waals surface area contributed by atoms with Gasteiger partial charge in [0.1, 0.15) is 11.5 Å². The van der Waals surface area contributed by atoms with Gasteiger partial charge in [0.15, 0.2) is 5.96 Å². The van der Waals surface area contributed by atoms with Gasteiger partial charge in [-0.25, -0.2) is 0 Å². The molecular weight excluding hydrogens is 364 g/mol. The van der Waals surface area contributed by atoms with E-state index in [2.05, 4.69) is 45.4 Å². The van der Waals surface area contributed by atoms with E-state index in [0.717, 1.165) is 55.6 Å². The summed E-state index contributed by atoms with van der Waals surface area (Å²) in [4.78, 5) is 9.00. The molecule has 0 aromatic heterocycles. The van der Waals surface area contributed by atoms with Gasteiger partial charge in [-0.3, -0.25) is 4.99 Å². The van der Waals surface area contributed by atoms with Gasteiger partial charge < -0.3 is 24.6 Å². The van der Waals surface area contributed by atoms with Gasteiger partial charge in [0, 0.05) is 45.8 Å². The molecule has 0 aliphatic carbocycles. The summed E-state index contributed by atoms with van der Waals surface area (Å²) >= 11 is 0. The van der Waals surface area contributed by atoms with E-state index in [9.17, 15) is 0 Å². The highest BCUT2D eigenvalue weighted by molar-refractivity contribution is 5.79. The average molecular weight is 397 g/mol. The fourth-order valence-electron chi connectivity index (χ4n) is 3.89. The summed E-state index contributed by atoms with van der Waals surface area (Å²) in [7, 11) is 7.32. The monoisotopic (exact) mass is 396 g/mol. The van der Waals surface area contributed by atoms with E-state index in [1.165, 1.54) is 5.69 Å². The molecule has 0 bridgehead atoms. The first-order valence-electron chi connectivity index (χ1n) is 10.1. The molecule has 0 amide bonds. The third-order valence-electron chi connectivity index (χ3n) is 5.43. The predicted molar refractivity (Wildman–Crippen MR) is 119 cm³/mol. The molecule has 156 valence electrons. The minimum Gasteiger partial charge on any atom is -0.496 e. The Kier molecular flexibility index (Phi) is 7.22. The second kappa shape index (κ2) is 10.0. The molecule has 29 heavy (non-hydrogen) atoms. The fourth-order valence-corrected chi connectivity index (χ4v) is 3.89. The smallest absolute Gasteiger partial charge is 0.193 e. The van der Waals surface area contributed by atoms with Crippen molar-refractivity contribution in [3.05, 3.63) is 54.1 Å². The highest BCUT2D eigenvalue weighted by Crippen LogP contribution is 2.31. The third kappa shape index (κ3) is 5.13. The number of anilines is 1. The van der Waals surface area contributed by atoms with Gasteiger partial charge in [-0.05, 0) is 30.5 Å². The molecule has 1 atom stereocenters.